The molecule has 1 aliphatic heterocycles. The Kier molecular flexibility index (Phi) is 3.22. The molecular formula is C11H15N3O4. The molecule has 0 radical (unpaired) electrons. The third-order valence-corrected chi connectivity index (χ3v) is 3.22. The molecule has 18 heavy (non-hydrogen) atoms. The molecule has 2 unspecified atom stereocenters. The minimum absolute atomic E-state index is 0.00768. The maximum atomic E-state index is 11.6. The van der Waals surface area contributed by atoms with Crippen LogP contribution in [0.1, 0.15) is 13.3 Å². The molecule has 0 aromatic carbocycles. The van der Waals surface area contributed by atoms with Gasteiger partial charge in [0.15, 0.2) is 5.82 Å². The SMILES string of the molecule is COc1c(N2CCC(C)C2C(=O)O)nc[nH]c1=O. The summed E-state index contributed by atoms with van der Waals surface area (Å²) in [5.41, 5.74) is -0.411. The zero-order valence-corrected chi connectivity index (χ0v) is 10.2. The van der Waals surface area contributed by atoms with E-state index in [0.29, 0.717) is 6.54 Å². The molecule has 1 aromatic heterocycles. The number of nitrogens with zero attached hydrogens (tertiary/aromatic N) is 2. The Morgan fingerprint density at radius 2 is 2.39 bits per heavy atom. The van der Waals surface area contributed by atoms with Gasteiger partial charge in [0.25, 0.3) is 5.56 Å². The van der Waals surface area contributed by atoms with Gasteiger partial charge in [-0.25, -0.2) is 9.78 Å². The second-order valence-corrected chi connectivity index (χ2v) is 4.33. The summed E-state index contributed by atoms with van der Waals surface area (Å²) in [7, 11) is 1.37. The number of ether oxygens (including phenoxy) is 1. The van der Waals surface area contributed by atoms with Gasteiger partial charge in [0.05, 0.1) is 13.4 Å². The van der Waals surface area contributed by atoms with Gasteiger partial charge in [0, 0.05) is 6.54 Å². The van der Waals surface area contributed by atoms with E-state index < -0.39 is 17.6 Å². The summed E-state index contributed by atoms with van der Waals surface area (Å²) in [6.45, 7) is 2.42. The van der Waals surface area contributed by atoms with E-state index in [0.717, 1.165) is 6.42 Å². The fourth-order valence-corrected chi connectivity index (χ4v) is 2.33. The van der Waals surface area contributed by atoms with Gasteiger partial charge in [-0.3, -0.25) is 4.79 Å². The zero-order chi connectivity index (χ0) is 13.3. The Morgan fingerprint density at radius 1 is 1.67 bits per heavy atom. The zero-order valence-electron chi connectivity index (χ0n) is 10.2. The third kappa shape index (κ3) is 1.92. The molecule has 98 valence electrons. The van der Waals surface area contributed by atoms with Gasteiger partial charge in [-0.1, -0.05) is 6.92 Å². The van der Waals surface area contributed by atoms with Crippen LogP contribution in [-0.4, -0.2) is 40.7 Å². The van der Waals surface area contributed by atoms with E-state index in [1.165, 1.54) is 13.4 Å². The van der Waals surface area contributed by atoms with Gasteiger partial charge in [-0.15, -0.1) is 0 Å². The molecule has 7 nitrogen and oxygen atoms in total. The number of aromatic nitrogens is 2. The quantitative estimate of drug-likeness (QED) is 0.792. The van der Waals surface area contributed by atoms with Gasteiger partial charge in [-0.2, -0.15) is 0 Å². The normalized spacial score (nSPS) is 23.1. The van der Waals surface area contributed by atoms with Gasteiger partial charge in [-0.05, 0) is 12.3 Å². The molecule has 7 heteroatoms. The van der Waals surface area contributed by atoms with Crippen molar-refractivity contribution < 1.29 is 14.6 Å². The molecule has 2 N–H and O–H groups in total. The average molecular weight is 253 g/mol. The van der Waals surface area contributed by atoms with E-state index in [2.05, 4.69) is 9.97 Å². The van der Waals surface area contributed by atoms with Gasteiger partial charge in [0.2, 0.25) is 5.75 Å². The van der Waals surface area contributed by atoms with Gasteiger partial charge in [0.1, 0.15) is 6.04 Å². The number of nitrogens with one attached hydrogen (secondary N) is 1. The molecule has 2 atom stereocenters. The molecular weight excluding hydrogens is 238 g/mol. The fraction of sp³-hybridized carbons (Fsp3) is 0.545. The van der Waals surface area contributed by atoms with Crippen molar-refractivity contribution in [2.75, 3.05) is 18.6 Å². The predicted octanol–water partition coefficient (Wildman–Crippen LogP) is 0.0779. The molecule has 2 heterocycles. The second-order valence-electron chi connectivity index (χ2n) is 4.33. The standard InChI is InChI=1S/C11H15N3O4/c1-6-3-4-14(7(6)11(16)17)9-8(18-2)10(15)13-5-12-9/h5-7H,3-4H2,1-2H3,(H,16,17)(H,12,13,15). The first-order valence-electron chi connectivity index (χ1n) is 5.67. The van der Waals surface area contributed by atoms with Crippen molar-refractivity contribution >= 4 is 11.8 Å². The maximum Gasteiger partial charge on any atom is 0.326 e. The number of hydrogen-bond acceptors (Lipinski definition) is 5. The van der Waals surface area contributed by atoms with E-state index >= 15 is 0 Å². The van der Waals surface area contributed by atoms with E-state index in [1.54, 1.807) is 4.90 Å². The van der Waals surface area contributed by atoms with Gasteiger partial charge < -0.3 is 19.7 Å². The van der Waals surface area contributed by atoms with E-state index in [1.807, 2.05) is 6.92 Å². The smallest absolute Gasteiger partial charge is 0.326 e. The van der Waals surface area contributed by atoms with Crippen LogP contribution in [0.5, 0.6) is 5.75 Å². The number of H-pyrrole nitrogens is 1. The van der Waals surface area contributed by atoms with E-state index in [-0.39, 0.29) is 17.5 Å². The number of aliphatic carboxylic acids is 1. The van der Waals surface area contributed by atoms with Crippen LogP contribution in [0.4, 0.5) is 5.82 Å². The van der Waals surface area contributed by atoms with Crippen molar-refractivity contribution in [2.45, 2.75) is 19.4 Å². The van der Waals surface area contributed by atoms with Crippen LogP contribution in [0.15, 0.2) is 11.1 Å². The first kappa shape index (κ1) is 12.4. The fourth-order valence-electron chi connectivity index (χ4n) is 2.33. The highest BCUT2D eigenvalue weighted by molar-refractivity contribution is 5.79. The summed E-state index contributed by atoms with van der Waals surface area (Å²) in [5.74, 6) is -0.562. The summed E-state index contributed by atoms with van der Waals surface area (Å²) in [4.78, 5) is 30.9. The lowest BCUT2D eigenvalue weighted by molar-refractivity contribution is -0.139. The van der Waals surface area contributed by atoms with Crippen molar-refractivity contribution in [1.82, 2.24) is 9.97 Å². The minimum Gasteiger partial charge on any atom is -0.489 e. The van der Waals surface area contributed by atoms with E-state index in [9.17, 15) is 14.7 Å². The molecule has 0 amide bonds. The van der Waals surface area contributed by atoms with Crippen molar-refractivity contribution in [1.29, 1.82) is 0 Å². The minimum atomic E-state index is -0.913. The first-order chi connectivity index (χ1) is 8.56. The van der Waals surface area contributed by atoms with Crippen LogP contribution in [0.3, 0.4) is 0 Å². The van der Waals surface area contributed by atoms with Crippen molar-refractivity contribution in [3.8, 4) is 5.75 Å². The second kappa shape index (κ2) is 4.67. The lowest BCUT2D eigenvalue weighted by Crippen LogP contribution is -2.40. The van der Waals surface area contributed by atoms with Crippen molar-refractivity contribution in [3.05, 3.63) is 16.7 Å². The Labute approximate surface area is 103 Å². The number of hydrogen-bond donors (Lipinski definition) is 2. The molecule has 0 spiro atoms. The summed E-state index contributed by atoms with van der Waals surface area (Å²) >= 11 is 0. The number of carboxylic acids is 1. The first-order valence-corrected chi connectivity index (χ1v) is 5.67. The predicted molar refractivity (Wildman–Crippen MR) is 64.0 cm³/mol. The molecule has 2 rings (SSSR count). The number of carboxylic acid groups (broad SMARTS) is 1. The molecule has 0 saturated carbocycles. The van der Waals surface area contributed by atoms with Gasteiger partial charge >= 0.3 is 5.97 Å². The Hall–Kier alpha value is -2.05. The molecule has 1 aliphatic rings. The highest BCUT2D eigenvalue weighted by Crippen LogP contribution is 2.32. The lowest BCUT2D eigenvalue weighted by Gasteiger charge is -2.25. The molecule has 1 fully saturated rings. The van der Waals surface area contributed by atoms with Crippen LogP contribution in [-0.2, 0) is 4.79 Å². The number of anilines is 1. The number of aromatic amines is 1. The molecule has 0 bridgehead atoms. The van der Waals surface area contributed by atoms with Crippen molar-refractivity contribution in [3.63, 3.8) is 0 Å². The number of methoxy groups -OCH3 is 1. The summed E-state index contributed by atoms with van der Waals surface area (Å²) in [5, 5.41) is 9.25. The summed E-state index contributed by atoms with van der Waals surface area (Å²) in [6, 6.07) is -0.673. The average Bonchev–Trinajstić information content (AvgIpc) is 2.70. The highest BCUT2D eigenvalue weighted by atomic mass is 16.5. The topological polar surface area (TPSA) is 95.5 Å². The Morgan fingerprint density at radius 3 is 3.00 bits per heavy atom. The van der Waals surface area contributed by atoms with Crippen LogP contribution >= 0.6 is 0 Å². The monoisotopic (exact) mass is 253 g/mol. The number of rotatable bonds is 3. The lowest BCUT2D eigenvalue weighted by atomic mass is 10.0. The van der Waals surface area contributed by atoms with E-state index in [4.69, 9.17) is 4.74 Å². The summed E-state index contributed by atoms with van der Waals surface area (Å²) < 4.78 is 5.01. The largest absolute Gasteiger partial charge is 0.489 e. The molecule has 1 aromatic rings. The summed E-state index contributed by atoms with van der Waals surface area (Å²) in [6.07, 6.45) is 2.00. The molecule has 0 aliphatic carbocycles. The maximum absolute atomic E-state index is 11.6. The highest BCUT2D eigenvalue weighted by Gasteiger charge is 2.39. The van der Waals surface area contributed by atoms with Crippen LogP contribution in [0.2, 0.25) is 0 Å². The van der Waals surface area contributed by atoms with Crippen LogP contribution in [0, 0.1) is 5.92 Å². The van der Waals surface area contributed by atoms with Crippen LogP contribution < -0.4 is 15.2 Å². The Balaban J connectivity index is 2.46. The Bertz CT molecular complexity index is 513. The molecule has 1 saturated heterocycles. The third-order valence-electron chi connectivity index (χ3n) is 3.22. The van der Waals surface area contributed by atoms with Crippen LogP contribution in [0.25, 0.3) is 0 Å². The number of carbonyl (C=O) groups is 1. The van der Waals surface area contributed by atoms with Crippen molar-refractivity contribution in [2.24, 2.45) is 5.92 Å².